The lowest BCUT2D eigenvalue weighted by Crippen LogP contribution is -2.35. The number of benzene rings is 1. The second kappa shape index (κ2) is 7.27. The van der Waals surface area contributed by atoms with Crippen LogP contribution in [-0.4, -0.2) is 47.7 Å². The average Bonchev–Trinajstić information content (AvgIpc) is 3.01. The van der Waals surface area contributed by atoms with E-state index in [4.69, 9.17) is 4.74 Å². The number of nitrogens with zero attached hydrogens (tertiary/aromatic N) is 2. The second-order valence-corrected chi connectivity index (χ2v) is 7.02. The minimum absolute atomic E-state index is 0.141. The number of carbonyl (C=O) groups excluding carboxylic acids is 2. The molecule has 1 saturated heterocycles. The van der Waals surface area contributed by atoms with Crippen molar-refractivity contribution in [2.75, 3.05) is 20.2 Å². The highest BCUT2D eigenvalue weighted by molar-refractivity contribution is 5.94. The number of likely N-dealkylation sites (tertiary alicyclic amines) is 1. The summed E-state index contributed by atoms with van der Waals surface area (Å²) in [7, 11) is 1.03. The first kappa shape index (κ1) is 19.6. The molecule has 0 radical (unpaired) electrons. The predicted molar refractivity (Wildman–Crippen MR) is 89.6 cm³/mol. The molecule has 1 fully saturated rings. The zero-order chi connectivity index (χ0) is 19.6. The maximum atomic E-state index is 14.8. The summed E-state index contributed by atoms with van der Waals surface area (Å²) in [4.78, 5) is 35.6. The third-order valence-electron chi connectivity index (χ3n) is 4.02. The lowest BCUT2D eigenvalue weighted by Gasteiger charge is -2.24. The van der Waals surface area contributed by atoms with Gasteiger partial charge in [-0.05, 0) is 38.8 Å². The zero-order valence-electron chi connectivity index (χ0n) is 15.1. The molecule has 0 N–H and O–H groups in total. The summed E-state index contributed by atoms with van der Waals surface area (Å²) in [5.41, 5.74) is -1.86. The fourth-order valence-corrected chi connectivity index (χ4v) is 2.85. The Morgan fingerprint density at radius 1 is 1.35 bits per heavy atom. The van der Waals surface area contributed by atoms with Crippen LogP contribution in [0, 0.1) is 15.9 Å². The van der Waals surface area contributed by atoms with Gasteiger partial charge in [0.25, 0.3) is 5.69 Å². The number of rotatable bonds is 3. The van der Waals surface area contributed by atoms with Gasteiger partial charge in [0, 0.05) is 25.1 Å². The summed E-state index contributed by atoms with van der Waals surface area (Å²) in [5, 5.41) is 11.1. The molecule has 1 aromatic carbocycles. The molecule has 142 valence electrons. The maximum Gasteiger partial charge on any atom is 0.410 e. The predicted octanol–water partition coefficient (Wildman–Crippen LogP) is 3.24. The molecule has 2 rings (SSSR count). The van der Waals surface area contributed by atoms with Crippen molar-refractivity contribution in [3.8, 4) is 0 Å². The highest BCUT2D eigenvalue weighted by atomic mass is 19.1. The number of ether oxygens (including phenoxy) is 2. The molecule has 0 saturated carbocycles. The number of hydrogen-bond donors (Lipinski definition) is 0. The minimum atomic E-state index is -1.11. The molecule has 26 heavy (non-hydrogen) atoms. The molecule has 1 aliphatic rings. The largest absolute Gasteiger partial charge is 0.465 e. The Bertz CT molecular complexity index is 744. The normalized spacial score (nSPS) is 17.1. The van der Waals surface area contributed by atoms with Crippen molar-refractivity contribution < 1.29 is 28.4 Å². The SMILES string of the molecule is COC(=O)c1c([N+](=O)[O-])ccc(C2CCN(C(=O)OC(C)(C)C)C2)c1F. The van der Waals surface area contributed by atoms with Crippen molar-refractivity contribution in [1.82, 2.24) is 4.90 Å². The van der Waals surface area contributed by atoms with E-state index in [1.165, 1.54) is 11.0 Å². The summed E-state index contributed by atoms with van der Waals surface area (Å²) in [6.45, 7) is 5.80. The minimum Gasteiger partial charge on any atom is -0.465 e. The van der Waals surface area contributed by atoms with Gasteiger partial charge in [0.2, 0.25) is 0 Å². The van der Waals surface area contributed by atoms with E-state index in [1.54, 1.807) is 20.8 Å². The Morgan fingerprint density at radius 3 is 2.54 bits per heavy atom. The van der Waals surface area contributed by atoms with Crippen molar-refractivity contribution in [1.29, 1.82) is 0 Å². The first-order valence-electron chi connectivity index (χ1n) is 8.08. The quantitative estimate of drug-likeness (QED) is 0.461. The highest BCUT2D eigenvalue weighted by Crippen LogP contribution is 2.34. The first-order valence-corrected chi connectivity index (χ1v) is 8.08. The number of methoxy groups -OCH3 is 1. The van der Waals surface area contributed by atoms with Crippen molar-refractivity contribution >= 4 is 17.7 Å². The number of halogens is 1. The molecule has 0 bridgehead atoms. The fraction of sp³-hybridized carbons (Fsp3) is 0.529. The zero-order valence-corrected chi connectivity index (χ0v) is 15.1. The van der Waals surface area contributed by atoms with Crippen LogP contribution in [0.3, 0.4) is 0 Å². The van der Waals surface area contributed by atoms with Crippen LogP contribution in [0.4, 0.5) is 14.9 Å². The topological polar surface area (TPSA) is 99.0 Å². The van der Waals surface area contributed by atoms with Crippen LogP contribution >= 0.6 is 0 Å². The van der Waals surface area contributed by atoms with Gasteiger partial charge in [-0.15, -0.1) is 0 Å². The highest BCUT2D eigenvalue weighted by Gasteiger charge is 2.35. The summed E-state index contributed by atoms with van der Waals surface area (Å²) in [5.74, 6) is -2.49. The molecule has 9 heteroatoms. The van der Waals surface area contributed by atoms with E-state index < -0.39 is 45.6 Å². The van der Waals surface area contributed by atoms with E-state index in [2.05, 4.69) is 4.74 Å². The number of esters is 1. The van der Waals surface area contributed by atoms with Gasteiger partial charge < -0.3 is 14.4 Å². The third kappa shape index (κ3) is 4.09. The van der Waals surface area contributed by atoms with Gasteiger partial charge in [0.15, 0.2) is 5.56 Å². The Morgan fingerprint density at radius 2 is 2.00 bits per heavy atom. The van der Waals surface area contributed by atoms with Gasteiger partial charge in [-0.2, -0.15) is 0 Å². The molecule has 1 unspecified atom stereocenters. The fourth-order valence-electron chi connectivity index (χ4n) is 2.85. The lowest BCUT2D eigenvalue weighted by molar-refractivity contribution is -0.385. The van der Waals surface area contributed by atoms with Gasteiger partial charge in [0.05, 0.1) is 12.0 Å². The maximum absolute atomic E-state index is 14.8. The molecular formula is C17H21FN2O6. The number of carbonyl (C=O) groups is 2. The molecule has 1 atom stereocenters. The van der Waals surface area contributed by atoms with E-state index in [0.29, 0.717) is 13.0 Å². The van der Waals surface area contributed by atoms with Gasteiger partial charge in [-0.1, -0.05) is 0 Å². The molecule has 1 aliphatic heterocycles. The third-order valence-corrected chi connectivity index (χ3v) is 4.02. The van der Waals surface area contributed by atoms with E-state index >= 15 is 0 Å². The van der Waals surface area contributed by atoms with E-state index in [9.17, 15) is 24.1 Å². The average molecular weight is 368 g/mol. The van der Waals surface area contributed by atoms with Crippen LogP contribution in [0.25, 0.3) is 0 Å². The van der Waals surface area contributed by atoms with Crippen LogP contribution < -0.4 is 0 Å². The Kier molecular flexibility index (Phi) is 5.48. The van der Waals surface area contributed by atoms with Crippen molar-refractivity contribution in [3.63, 3.8) is 0 Å². The number of hydrogen-bond acceptors (Lipinski definition) is 6. The molecule has 8 nitrogen and oxygen atoms in total. The molecular weight excluding hydrogens is 347 g/mol. The smallest absolute Gasteiger partial charge is 0.410 e. The first-order chi connectivity index (χ1) is 12.0. The Hall–Kier alpha value is -2.71. The summed E-state index contributed by atoms with van der Waals surface area (Å²) >= 11 is 0. The molecule has 0 aliphatic carbocycles. The van der Waals surface area contributed by atoms with Crippen LogP contribution in [-0.2, 0) is 9.47 Å². The Labute approximate surface area is 150 Å². The van der Waals surface area contributed by atoms with Crippen LogP contribution in [0.15, 0.2) is 12.1 Å². The molecule has 1 aromatic rings. The van der Waals surface area contributed by atoms with Gasteiger partial charge >= 0.3 is 12.1 Å². The van der Waals surface area contributed by atoms with E-state index in [0.717, 1.165) is 13.2 Å². The lowest BCUT2D eigenvalue weighted by atomic mass is 9.95. The van der Waals surface area contributed by atoms with Gasteiger partial charge in [0.1, 0.15) is 11.4 Å². The number of nitro groups is 1. The van der Waals surface area contributed by atoms with E-state index in [1.807, 2.05) is 0 Å². The Balaban J connectivity index is 2.29. The molecule has 1 amide bonds. The number of amides is 1. The summed E-state index contributed by atoms with van der Waals surface area (Å²) in [6.07, 6.45) is -0.0512. The van der Waals surface area contributed by atoms with Crippen LogP contribution in [0.2, 0.25) is 0 Å². The van der Waals surface area contributed by atoms with Crippen LogP contribution in [0.1, 0.15) is 49.0 Å². The number of nitro benzene ring substituents is 1. The molecule has 0 spiro atoms. The summed E-state index contributed by atoms with van der Waals surface area (Å²) in [6, 6.07) is 2.37. The standard InChI is InChI=1S/C17H21FN2O6/c1-17(2,3)26-16(22)19-8-7-10(9-19)11-5-6-12(20(23)24)13(14(11)18)15(21)25-4/h5-6,10H,7-9H2,1-4H3. The van der Waals surface area contributed by atoms with Gasteiger partial charge in [-0.25, -0.2) is 14.0 Å². The van der Waals surface area contributed by atoms with Gasteiger partial charge in [-0.3, -0.25) is 10.1 Å². The monoisotopic (exact) mass is 368 g/mol. The molecule has 0 aromatic heterocycles. The van der Waals surface area contributed by atoms with E-state index in [-0.39, 0.29) is 12.1 Å². The van der Waals surface area contributed by atoms with Crippen molar-refractivity contribution in [3.05, 3.63) is 39.2 Å². The van der Waals surface area contributed by atoms with Crippen LogP contribution in [0.5, 0.6) is 0 Å². The molecule has 1 heterocycles. The summed E-state index contributed by atoms with van der Waals surface area (Å²) < 4.78 is 24.6. The second-order valence-electron chi connectivity index (χ2n) is 7.02. The van der Waals surface area contributed by atoms with Crippen molar-refractivity contribution in [2.45, 2.75) is 38.7 Å². The van der Waals surface area contributed by atoms with Crippen molar-refractivity contribution in [2.24, 2.45) is 0 Å².